The average molecular weight is 445 g/mol. The normalized spacial score (nSPS) is 33.6. The van der Waals surface area contributed by atoms with Crippen molar-refractivity contribution in [1.82, 2.24) is 10.2 Å². The third kappa shape index (κ3) is 3.94. The van der Waals surface area contributed by atoms with Gasteiger partial charge in [0.05, 0.1) is 4.91 Å². The van der Waals surface area contributed by atoms with E-state index in [1.165, 1.54) is 48.1 Å². The number of hydrogen-bond acceptors (Lipinski definition) is 4. The van der Waals surface area contributed by atoms with Crippen LogP contribution in [0.4, 0.5) is 4.39 Å². The van der Waals surface area contributed by atoms with Crippen LogP contribution in [0.1, 0.15) is 50.5 Å². The minimum atomic E-state index is -0.315. The molecule has 6 rings (SSSR count). The Balaban J connectivity index is 1.19. The molecule has 5 aliphatic rings. The lowest BCUT2D eigenvalue weighted by molar-refractivity contribution is -0.127. The Hall–Kier alpha value is -1.73. The topological polar surface area (TPSA) is 49.4 Å². The molecule has 0 atom stereocenters. The number of nitrogens with zero attached hydrogens (tertiary/aromatic N) is 1. The molecule has 4 aliphatic carbocycles. The number of rotatable bonds is 5. The Bertz CT molecular complexity index is 892. The molecule has 158 valence electrons. The van der Waals surface area contributed by atoms with Crippen LogP contribution < -0.4 is 5.32 Å². The maximum absolute atomic E-state index is 13.1. The number of thioether (sulfide) groups is 1. The molecule has 0 spiro atoms. The van der Waals surface area contributed by atoms with Crippen molar-refractivity contribution in [2.24, 2.45) is 17.8 Å². The van der Waals surface area contributed by atoms with Crippen LogP contribution in [0.15, 0.2) is 29.2 Å². The molecule has 1 heterocycles. The third-order valence-electron chi connectivity index (χ3n) is 7.05. The summed E-state index contributed by atoms with van der Waals surface area (Å²) in [5.41, 5.74) is 0.737. The van der Waals surface area contributed by atoms with E-state index in [0.717, 1.165) is 42.6 Å². The summed E-state index contributed by atoms with van der Waals surface area (Å²) in [6.07, 6.45) is 9.35. The van der Waals surface area contributed by atoms with E-state index in [1.807, 2.05) is 0 Å². The van der Waals surface area contributed by atoms with Gasteiger partial charge in [0.1, 0.15) is 10.1 Å². The molecule has 30 heavy (non-hydrogen) atoms. The lowest BCUT2D eigenvalue weighted by atomic mass is 9.53. The second-order valence-electron chi connectivity index (χ2n) is 9.38. The largest absolute Gasteiger partial charge is 0.351 e. The quantitative estimate of drug-likeness (QED) is 0.537. The van der Waals surface area contributed by atoms with Gasteiger partial charge < -0.3 is 5.32 Å². The van der Waals surface area contributed by atoms with Crippen molar-refractivity contribution in [1.29, 1.82) is 0 Å². The molecule has 1 aromatic carbocycles. The van der Waals surface area contributed by atoms with Crippen molar-refractivity contribution in [3.63, 3.8) is 0 Å². The van der Waals surface area contributed by atoms with Gasteiger partial charge in [-0.05, 0) is 80.1 Å². The van der Waals surface area contributed by atoms with Gasteiger partial charge in [0, 0.05) is 18.5 Å². The number of hydrogen-bond donors (Lipinski definition) is 1. The molecular weight excluding hydrogens is 419 g/mol. The molecular formula is C23H25FN2O2S2. The highest BCUT2D eigenvalue weighted by Gasteiger charge is 2.51. The van der Waals surface area contributed by atoms with Crippen LogP contribution in [0.5, 0.6) is 0 Å². The molecule has 1 saturated heterocycles. The predicted molar refractivity (Wildman–Crippen MR) is 120 cm³/mol. The van der Waals surface area contributed by atoms with E-state index in [1.54, 1.807) is 18.2 Å². The van der Waals surface area contributed by atoms with Crippen molar-refractivity contribution in [2.45, 2.75) is 50.5 Å². The van der Waals surface area contributed by atoms with E-state index >= 15 is 0 Å². The first-order chi connectivity index (χ1) is 14.4. The summed E-state index contributed by atoms with van der Waals surface area (Å²) < 4.78 is 13.6. The Morgan fingerprint density at radius 2 is 1.77 bits per heavy atom. The van der Waals surface area contributed by atoms with Crippen LogP contribution in [0, 0.1) is 23.6 Å². The zero-order valence-electron chi connectivity index (χ0n) is 16.7. The van der Waals surface area contributed by atoms with Gasteiger partial charge >= 0.3 is 0 Å². The molecule has 5 fully saturated rings. The molecule has 0 unspecified atom stereocenters. The van der Waals surface area contributed by atoms with Gasteiger partial charge in [-0.2, -0.15) is 0 Å². The molecule has 4 nitrogen and oxygen atoms in total. The Kier molecular flexibility index (Phi) is 5.22. The van der Waals surface area contributed by atoms with Gasteiger partial charge in [0.2, 0.25) is 5.91 Å². The summed E-state index contributed by atoms with van der Waals surface area (Å²) in [7, 11) is 0. The molecule has 4 bridgehead atoms. The van der Waals surface area contributed by atoms with Gasteiger partial charge in [0.25, 0.3) is 5.91 Å². The Labute approximate surface area is 185 Å². The Morgan fingerprint density at radius 3 is 2.37 bits per heavy atom. The molecule has 2 amide bonds. The number of halogens is 1. The molecule has 1 aromatic rings. The van der Waals surface area contributed by atoms with Crippen molar-refractivity contribution in [2.75, 3.05) is 6.54 Å². The maximum Gasteiger partial charge on any atom is 0.266 e. The van der Waals surface area contributed by atoms with E-state index in [4.69, 9.17) is 12.2 Å². The summed E-state index contributed by atoms with van der Waals surface area (Å²) in [6.45, 7) is 0.295. The summed E-state index contributed by atoms with van der Waals surface area (Å²) in [6, 6.07) is 5.98. The summed E-state index contributed by atoms with van der Waals surface area (Å²) in [5, 5.41) is 3.36. The van der Waals surface area contributed by atoms with Gasteiger partial charge in [0.15, 0.2) is 0 Å². The molecule has 1 N–H and O–H groups in total. The van der Waals surface area contributed by atoms with Crippen molar-refractivity contribution in [3.8, 4) is 0 Å². The zero-order chi connectivity index (χ0) is 20.9. The molecule has 1 aliphatic heterocycles. The highest BCUT2D eigenvalue weighted by molar-refractivity contribution is 8.26. The number of benzene rings is 1. The fourth-order valence-electron chi connectivity index (χ4n) is 6.24. The highest BCUT2D eigenvalue weighted by Crippen LogP contribution is 2.55. The van der Waals surface area contributed by atoms with Crippen LogP contribution in [-0.4, -0.2) is 33.1 Å². The first-order valence-electron chi connectivity index (χ1n) is 10.7. The van der Waals surface area contributed by atoms with E-state index in [2.05, 4.69) is 5.32 Å². The van der Waals surface area contributed by atoms with Crippen LogP contribution in [0.2, 0.25) is 0 Å². The van der Waals surface area contributed by atoms with Gasteiger partial charge in [-0.3, -0.25) is 14.5 Å². The van der Waals surface area contributed by atoms with Crippen LogP contribution in [0.25, 0.3) is 6.08 Å². The monoisotopic (exact) mass is 444 g/mol. The Morgan fingerprint density at radius 1 is 1.17 bits per heavy atom. The van der Waals surface area contributed by atoms with Crippen molar-refractivity contribution < 1.29 is 14.0 Å². The number of nitrogens with one attached hydrogen (secondary N) is 1. The van der Waals surface area contributed by atoms with Crippen molar-refractivity contribution in [3.05, 3.63) is 40.6 Å². The third-order valence-corrected chi connectivity index (χ3v) is 8.42. The average Bonchev–Trinajstić information content (AvgIpc) is 2.93. The summed E-state index contributed by atoms with van der Waals surface area (Å²) >= 11 is 6.60. The van der Waals surface area contributed by atoms with Crippen LogP contribution in [0.3, 0.4) is 0 Å². The minimum Gasteiger partial charge on any atom is -0.351 e. The lowest BCUT2D eigenvalue weighted by Crippen LogP contribution is -2.60. The van der Waals surface area contributed by atoms with E-state index in [-0.39, 0.29) is 29.6 Å². The molecule has 4 saturated carbocycles. The fourth-order valence-corrected chi connectivity index (χ4v) is 7.55. The molecule has 0 radical (unpaired) electrons. The summed E-state index contributed by atoms with van der Waals surface area (Å²) in [5.74, 6) is 1.86. The van der Waals surface area contributed by atoms with Crippen LogP contribution >= 0.6 is 24.0 Å². The van der Waals surface area contributed by atoms with Gasteiger partial charge in [-0.1, -0.05) is 36.1 Å². The zero-order valence-corrected chi connectivity index (χ0v) is 18.4. The van der Waals surface area contributed by atoms with Gasteiger partial charge in [-0.15, -0.1) is 0 Å². The smallest absolute Gasteiger partial charge is 0.266 e. The fraction of sp³-hybridized carbons (Fsp3) is 0.522. The van der Waals surface area contributed by atoms with Crippen molar-refractivity contribution >= 4 is 46.2 Å². The second kappa shape index (κ2) is 7.75. The molecule has 0 aromatic heterocycles. The SMILES string of the molecule is O=C(CCN1C(=O)C(=Cc2ccc(F)cc2)SC1=S)NC12CC3CC(CC(C3)C1)C2. The maximum atomic E-state index is 13.1. The predicted octanol–water partition coefficient (Wildman–Crippen LogP) is 4.50. The minimum absolute atomic E-state index is 0.0102. The standard InChI is InChI=1S/C23H25FN2O2S2/c24-18-3-1-14(2-4-18)10-19-21(28)26(22(29)30-19)6-5-20(27)25-23-11-15-7-16(12-23)9-17(8-15)13-23/h1-4,10,15-17H,5-9,11-13H2,(H,25,27). The number of thiocarbonyl (C=S) groups is 1. The van der Waals surface area contributed by atoms with Gasteiger partial charge in [-0.25, -0.2) is 4.39 Å². The summed E-state index contributed by atoms with van der Waals surface area (Å²) in [4.78, 5) is 27.5. The van der Waals surface area contributed by atoms with E-state index in [0.29, 0.717) is 15.8 Å². The van der Waals surface area contributed by atoms with E-state index in [9.17, 15) is 14.0 Å². The first-order valence-corrected chi connectivity index (χ1v) is 11.9. The number of amides is 2. The number of carbonyl (C=O) groups is 2. The highest BCUT2D eigenvalue weighted by atomic mass is 32.2. The number of carbonyl (C=O) groups excluding carboxylic acids is 2. The molecule has 7 heteroatoms. The second-order valence-corrected chi connectivity index (χ2v) is 11.1. The van der Waals surface area contributed by atoms with Crippen LogP contribution in [-0.2, 0) is 9.59 Å². The van der Waals surface area contributed by atoms with E-state index < -0.39 is 0 Å². The lowest BCUT2D eigenvalue weighted by Gasteiger charge is -2.57. The first kappa shape index (κ1) is 20.2.